The van der Waals surface area contributed by atoms with Crippen molar-refractivity contribution in [1.82, 2.24) is 9.55 Å². The average molecular weight is 453 g/mol. The van der Waals surface area contributed by atoms with E-state index in [-0.39, 0.29) is 29.8 Å². The third-order valence-electron chi connectivity index (χ3n) is 5.34. The van der Waals surface area contributed by atoms with Gasteiger partial charge in [0.25, 0.3) is 5.56 Å². The van der Waals surface area contributed by atoms with E-state index in [1.807, 2.05) is 30.3 Å². The van der Waals surface area contributed by atoms with Crippen LogP contribution in [0.5, 0.6) is 0 Å². The second kappa shape index (κ2) is 9.57. The minimum absolute atomic E-state index is 0.0187. The topological polar surface area (TPSA) is 81.2 Å². The molecule has 0 aliphatic heterocycles. The fraction of sp³-hybridized carbons (Fsp3) is 0.346. The predicted molar refractivity (Wildman–Crippen MR) is 126 cm³/mol. The number of hydrogen-bond donors (Lipinski definition) is 1. The second-order valence-corrected chi connectivity index (χ2v) is 9.18. The van der Waals surface area contributed by atoms with Crippen molar-refractivity contribution in [2.45, 2.75) is 59.1 Å². The number of carbonyl (C=O) groups excluding carboxylic acids is 1. The maximum Gasteiger partial charge on any atom is 0.328 e. The van der Waals surface area contributed by atoms with Gasteiger partial charge in [0, 0.05) is 23.7 Å². The van der Waals surface area contributed by atoms with Crippen molar-refractivity contribution in [3.63, 3.8) is 0 Å². The minimum atomic E-state index is -0.660. The smallest absolute Gasteiger partial charge is 0.328 e. The number of benzene rings is 2. The standard InChI is InChI=1S/C26H29FN2O4/c1-16-10-9-13-20(23(16)27)22-17(2)28-25(32)29(24(22)31)15-19(18-11-7-6-8-12-18)14-21(30)33-26(3,4)5/h6-13,19H,14-15H2,1-5H3,(H,28,32)/t19-/m0/s1. The fourth-order valence-corrected chi connectivity index (χ4v) is 3.82. The molecular formula is C26H29FN2O4. The van der Waals surface area contributed by atoms with Crippen molar-refractivity contribution in [3.05, 3.63) is 92.0 Å². The summed E-state index contributed by atoms with van der Waals surface area (Å²) in [5, 5.41) is 0. The molecule has 0 fully saturated rings. The summed E-state index contributed by atoms with van der Waals surface area (Å²) in [5.74, 6) is -1.43. The van der Waals surface area contributed by atoms with Gasteiger partial charge >= 0.3 is 11.7 Å². The van der Waals surface area contributed by atoms with Gasteiger partial charge in [-0.1, -0.05) is 48.5 Å². The molecule has 1 aromatic heterocycles. The summed E-state index contributed by atoms with van der Waals surface area (Å²) in [4.78, 5) is 41.4. The monoisotopic (exact) mass is 452 g/mol. The number of aryl methyl sites for hydroxylation is 2. The fourth-order valence-electron chi connectivity index (χ4n) is 3.82. The van der Waals surface area contributed by atoms with Crippen molar-refractivity contribution in [3.8, 4) is 11.1 Å². The number of esters is 1. The highest BCUT2D eigenvalue weighted by Crippen LogP contribution is 2.25. The third kappa shape index (κ3) is 5.66. The van der Waals surface area contributed by atoms with Crippen LogP contribution in [-0.4, -0.2) is 21.1 Å². The number of H-pyrrole nitrogens is 1. The number of aromatic nitrogens is 2. The van der Waals surface area contributed by atoms with Gasteiger partial charge in [0.15, 0.2) is 0 Å². The van der Waals surface area contributed by atoms with Gasteiger partial charge in [-0.05, 0) is 45.7 Å². The highest BCUT2D eigenvalue weighted by atomic mass is 19.1. The first-order valence-electron chi connectivity index (χ1n) is 10.8. The van der Waals surface area contributed by atoms with Crippen LogP contribution in [0, 0.1) is 19.7 Å². The Morgan fingerprint density at radius 3 is 2.36 bits per heavy atom. The van der Waals surface area contributed by atoms with E-state index in [4.69, 9.17) is 4.74 Å². The number of rotatable bonds is 6. The van der Waals surface area contributed by atoms with Gasteiger partial charge in [-0.25, -0.2) is 9.18 Å². The molecule has 1 heterocycles. The van der Waals surface area contributed by atoms with Crippen LogP contribution in [0.15, 0.2) is 58.1 Å². The number of aromatic amines is 1. The van der Waals surface area contributed by atoms with Crippen molar-refractivity contribution >= 4 is 5.97 Å². The Balaban J connectivity index is 2.08. The molecule has 3 rings (SSSR count). The largest absolute Gasteiger partial charge is 0.460 e. The Kier molecular flexibility index (Phi) is 7.01. The van der Waals surface area contributed by atoms with Gasteiger partial charge in [-0.15, -0.1) is 0 Å². The lowest BCUT2D eigenvalue weighted by Crippen LogP contribution is -2.39. The SMILES string of the molecule is Cc1cccc(-c2c(C)[nH]c(=O)n(C[C@H](CC(=O)OC(C)(C)C)c3ccccc3)c2=O)c1F. The normalized spacial score (nSPS) is 12.4. The van der Waals surface area contributed by atoms with E-state index in [1.54, 1.807) is 46.8 Å². The van der Waals surface area contributed by atoms with Gasteiger partial charge < -0.3 is 9.72 Å². The molecular weight excluding hydrogens is 423 g/mol. The molecule has 0 unspecified atom stereocenters. The van der Waals surface area contributed by atoms with Gasteiger partial charge in [0.1, 0.15) is 11.4 Å². The Labute approximate surface area is 192 Å². The molecule has 1 N–H and O–H groups in total. The zero-order valence-electron chi connectivity index (χ0n) is 19.6. The van der Waals surface area contributed by atoms with Crippen LogP contribution < -0.4 is 11.2 Å². The number of halogens is 1. The number of carbonyl (C=O) groups is 1. The average Bonchev–Trinajstić information content (AvgIpc) is 2.72. The quantitative estimate of drug-likeness (QED) is 0.560. The number of ether oxygens (including phenoxy) is 1. The van der Waals surface area contributed by atoms with E-state index in [9.17, 15) is 18.8 Å². The summed E-state index contributed by atoms with van der Waals surface area (Å²) in [6, 6.07) is 14.0. The molecule has 0 aliphatic rings. The highest BCUT2D eigenvalue weighted by Gasteiger charge is 2.25. The van der Waals surface area contributed by atoms with Gasteiger partial charge in [0.05, 0.1) is 12.0 Å². The van der Waals surface area contributed by atoms with E-state index in [0.717, 1.165) is 10.1 Å². The molecule has 0 bridgehead atoms. The summed E-state index contributed by atoms with van der Waals surface area (Å²) in [6.07, 6.45) is -0.0187. The molecule has 0 amide bonds. The molecule has 0 aliphatic carbocycles. The molecule has 3 aromatic rings. The molecule has 6 nitrogen and oxygen atoms in total. The minimum Gasteiger partial charge on any atom is -0.460 e. The Morgan fingerprint density at radius 2 is 1.73 bits per heavy atom. The maximum atomic E-state index is 14.8. The van der Waals surface area contributed by atoms with Gasteiger partial charge in [0.2, 0.25) is 0 Å². The van der Waals surface area contributed by atoms with E-state index in [2.05, 4.69) is 4.98 Å². The van der Waals surface area contributed by atoms with Gasteiger partial charge in [-0.3, -0.25) is 14.2 Å². The van der Waals surface area contributed by atoms with Crippen molar-refractivity contribution < 1.29 is 13.9 Å². The molecule has 1 atom stereocenters. The van der Waals surface area contributed by atoms with Crippen LogP contribution in [0.25, 0.3) is 11.1 Å². The summed E-state index contributed by atoms with van der Waals surface area (Å²) >= 11 is 0. The van der Waals surface area contributed by atoms with Crippen molar-refractivity contribution in [2.75, 3.05) is 0 Å². The van der Waals surface area contributed by atoms with E-state index >= 15 is 0 Å². The Hall–Kier alpha value is -3.48. The molecule has 0 radical (unpaired) electrons. The van der Waals surface area contributed by atoms with Crippen LogP contribution in [0.1, 0.15) is 49.9 Å². The van der Waals surface area contributed by atoms with Crippen molar-refractivity contribution in [1.29, 1.82) is 0 Å². The summed E-state index contributed by atoms with van der Waals surface area (Å²) in [7, 11) is 0. The Bertz CT molecular complexity index is 1270. The van der Waals surface area contributed by atoms with Crippen molar-refractivity contribution in [2.24, 2.45) is 0 Å². The lowest BCUT2D eigenvalue weighted by molar-refractivity contribution is -0.155. The lowest BCUT2D eigenvalue weighted by atomic mass is 9.95. The molecule has 0 spiro atoms. The first-order valence-corrected chi connectivity index (χ1v) is 10.8. The van der Waals surface area contributed by atoms with Gasteiger partial charge in [-0.2, -0.15) is 0 Å². The van der Waals surface area contributed by atoms with Crippen LogP contribution in [0.2, 0.25) is 0 Å². The van der Waals surface area contributed by atoms with E-state index in [1.165, 1.54) is 6.07 Å². The number of nitrogens with zero attached hydrogens (tertiary/aromatic N) is 1. The van der Waals surface area contributed by atoms with Crippen LogP contribution >= 0.6 is 0 Å². The molecule has 7 heteroatoms. The third-order valence-corrected chi connectivity index (χ3v) is 5.34. The molecule has 33 heavy (non-hydrogen) atoms. The predicted octanol–water partition coefficient (Wildman–Crippen LogP) is 4.48. The van der Waals surface area contributed by atoms with Crippen LogP contribution in [-0.2, 0) is 16.1 Å². The summed E-state index contributed by atoms with van der Waals surface area (Å²) in [6.45, 7) is 8.46. The van der Waals surface area contributed by atoms with Crippen LogP contribution in [0.3, 0.4) is 0 Å². The first kappa shape index (κ1) is 24.2. The molecule has 0 saturated carbocycles. The maximum absolute atomic E-state index is 14.8. The zero-order valence-corrected chi connectivity index (χ0v) is 19.6. The zero-order chi connectivity index (χ0) is 24.3. The Morgan fingerprint density at radius 1 is 1.06 bits per heavy atom. The summed E-state index contributed by atoms with van der Waals surface area (Å²) < 4.78 is 21.3. The number of nitrogens with one attached hydrogen (secondary N) is 1. The van der Waals surface area contributed by atoms with E-state index < -0.39 is 34.6 Å². The first-order chi connectivity index (χ1) is 15.5. The molecule has 2 aromatic carbocycles. The lowest BCUT2D eigenvalue weighted by Gasteiger charge is -2.23. The highest BCUT2D eigenvalue weighted by molar-refractivity contribution is 5.71. The number of hydrogen-bond acceptors (Lipinski definition) is 4. The summed E-state index contributed by atoms with van der Waals surface area (Å²) in [5.41, 5.74) is -0.174. The van der Waals surface area contributed by atoms with Crippen LogP contribution in [0.4, 0.5) is 4.39 Å². The van der Waals surface area contributed by atoms with E-state index in [0.29, 0.717) is 5.56 Å². The molecule has 174 valence electrons. The molecule has 0 saturated heterocycles. The second-order valence-electron chi connectivity index (χ2n) is 9.18.